The van der Waals surface area contributed by atoms with Gasteiger partial charge in [0, 0.05) is 23.0 Å². The van der Waals surface area contributed by atoms with E-state index in [1.165, 1.54) is 7.11 Å². The second-order valence-electron chi connectivity index (χ2n) is 10.6. The number of methoxy groups -OCH3 is 1. The Morgan fingerprint density at radius 1 is 1.07 bits per heavy atom. The van der Waals surface area contributed by atoms with E-state index in [1.54, 1.807) is 48.6 Å². The topological polar surface area (TPSA) is 141 Å². The highest BCUT2D eigenvalue weighted by Gasteiger charge is 2.23. The number of esters is 1. The maximum Gasteiger partial charge on any atom is 0.308 e. The van der Waals surface area contributed by atoms with Gasteiger partial charge >= 0.3 is 11.9 Å². The van der Waals surface area contributed by atoms with Gasteiger partial charge in [-0.1, -0.05) is 45.1 Å². The first kappa shape index (κ1) is 32.1. The number of ether oxygens (including phenoxy) is 2. The van der Waals surface area contributed by atoms with Crippen LogP contribution < -0.4 is 15.0 Å². The number of anilines is 1. The number of sulfonamides is 1. The number of carbonyl (C=O) groups excluding carboxylic acids is 1. The molecule has 1 heterocycles. The number of rotatable bonds is 11. The highest BCUT2D eigenvalue weighted by Crippen LogP contribution is 2.38. The molecule has 42 heavy (non-hydrogen) atoms. The largest absolute Gasteiger partial charge is 0.496 e. The quantitative estimate of drug-likeness (QED) is 0.235. The molecule has 1 aromatic heterocycles. The van der Waals surface area contributed by atoms with Crippen molar-refractivity contribution in [1.82, 2.24) is 4.57 Å². The molecule has 0 aliphatic rings. The van der Waals surface area contributed by atoms with Crippen molar-refractivity contribution in [2.75, 3.05) is 18.1 Å². The molecule has 0 fully saturated rings. The van der Waals surface area contributed by atoms with Crippen LogP contribution in [0.3, 0.4) is 0 Å². The number of aliphatic carboxylic acids is 1. The van der Waals surface area contributed by atoms with Gasteiger partial charge in [0.15, 0.2) is 6.73 Å². The lowest BCUT2D eigenvalue weighted by Gasteiger charge is -2.25. The summed E-state index contributed by atoms with van der Waals surface area (Å²) in [5, 5.41) is 8.73. The molecular formula is C30H33FN2O8S. The molecule has 10 nitrogen and oxygen atoms in total. The van der Waals surface area contributed by atoms with Crippen LogP contribution in [0.2, 0.25) is 0 Å². The van der Waals surface area contributed by atoms with E-state index in [2.05, 4.69) is 4.72 Å². The lowest BCUT2D eigenvalue weighted by molar-refractivity contribution is -0.150. The zero-order valence-corrected chi connectivity index (χ0v) is 24.7. The highest BCUT2D eigenvalue weighted by molar-refractivity contribution is 7.92. The van der Waals surface area contributed by atoms with Gasteiger partial charge in [-0.25, -0.2) is 12.8 Å². The Bertz CT molecular complexity index is 1670. The minimum atomic E-state index is -3.41. The zero-order valence-electron chi connectivity index (χ0n) is 23.9. The number of halogens is 1. The molecule has 0 aliphatic carbocycles. The van der Waals surface area contributed by atoms with Crippen molar-refractivity contribution < 1.29 is 37.0 Å². The number of hydrogen-bond acceptors (Lipinski definition) is 7. The van der Waals surface area contributed by atoms with E-state index < -0.39 is 51.9 Å². The van der Waals surface area contributed by atoms with Gasteiger partial charge in [0.05, 0.1) is 31.8 Å². The van der Waals surface area contributed by atoms with Crippen molar-refractivity contribution in [2.45, 2.75) is 45.8 Å². The molecule has 0 spiro atoms. The van der Waals surface area contributed by atoms with E-state index in [4.69, 9.17) is 14.6 Å². The molecule has 2 N–H and O–H groups in total. The van der Waals surface area contributed by atoms with Gasteiger partial charge in [0.2, 0.25) is 10.0 Å². The predicted molar refractivity (Wildman–Crippen MR) is 158 cm³/mol. The number of nitrogens with zero attached hydrogens (tertiary/aromatic N) is 1. The Morgan fingerprint density at radius 2 is 1.74 bits per heavy atom. The molecule has 0 saturated carbocycles. The maximum atomic E-state index is 14.7. The summed E-state index contributed by atoms with van der Waals surface area (Å²) in [5.41, 5.74) is 1.92. The van der Waals surface area contributed by atoms with Crippen molar-refractivity contribution >= 4 is 39.8 Å². The van der Waals surface area contributed by atoms with E-state index in [9.17, 15) is 27.2 Å². The van der Waals surface area contributed by atoms with Crippen LogP contribution in [-0.4, -0.2) is 43.4 Å². The molecule has 3 rings (SSSR count). The van der Waals surface area contributed by atoms with Crippen molar-refractivity contribution in [3.63, 3.8) is 0 Å². The third-order valence-corrected chi connectivity index (χ3v) is 6.68. The van der Waals surface area contributed by atoms with Crippen LogP contribution in [0.15, 0.2) is 53.5 Å². The molecule has 0 radical (unpaired) electrons. The first-order chi connectivity index (χ1) is 19.6. The fourth-order valence-electron chi connectivity index (χ4n) is 4.10. The number of pyridine rings is 1. The first-order valence-corrected chi connectivity index (χ1v) is 14.7. The molecule has 0 unspecified atom stereocenters. The van der Waals surface area contributed by atoms with Gasteiger partial charge < -0.3 is 14.6 Å². The Morgan fingerprint density at radius 3 is 2.31 bits per heavy atom. The summed E-state index contributed by atoms with van der Waals surface area (Å²) in [5.74, 6) is -2.18. The minimum absolute atomic E-state index is 0.0237. The summed E-state index contributed by atoms with van der Waals surface area (Å²) in [6.07, 6.45) is 4.73. The molecule has 3 aromatic rings. The van der Waals surface area contributed by atoms with Crippen LogP contribution in [0.5, 0.6) is 5.75 Å². The van der Waals surface area contributed by atoms with Crippen LogP contribution >= 0.6 is 0 Å². The van der Waals surface area contributed by atoms with Crippen molar-refractivity contribution in [2.24, 2.45) is 0 Å². The lowest BCUT2D eigenvalue weighted by Crippen LogP contribution is -2.25. The molecule has 0 bridgehead atoms. The third-order valence-electron chi connectivity index (χ3n) is 6.07. The highest BCUT2D eigenvalue weighted by atomic mass is 32.2. The van der Waals surface area contributed by atoms with Gasteiger partial charge in [-0.2, -0.15) is 0 Å². The number of nitrogens with one attached hydrogen (secondary N) is 1. The fourth-order valence-corrected chi connectivity index (χ4v) is 4.67. The first-order valence-electron chi connectivity index (χ1n) is 12.8. The molecule has 224 valence electrons. The SMILES string of the molecule is COc1c(/C=C/c2ccc(NS(C)(=O)=O)cc2)cc(-c2cc(F)cn(COC(=O)CCC(=O)O)c2=O)cc1C(C)(C)C. The maximum absolute atomic E-state index is 14.7. The van der Waals surface area contributed by atoms with Crippen LogP contribution in [0.25, 0.3) is 23.3 Å². The van der Waals surface area contributed by atoms with Crippen molar-refractivity contribution in [1.29, 1.82) is 0 Å². The van der Waals surface area contributed by atoms with E-state index in [0.29, 0.717) is 22.6 Å². The van der Waals surface area contributed by atoms with Crippen LogP contribution in [-0.2, 0) is 36.5 Å². The number of carboxylic acids is 1. The molecule has 0 atom stereocenters. The summed E-state index contributed by atoms with van der Waals surface area (Å²) in [7, 11) is -1.88. The number of hydrogen-bond donors (Lipinski definition) is 2. The average molecular weight is 601 g/mol. The molecule has 2 aromatic carbocycles. The van der Waals surface area contributed by atoms with Crippen molar-refractivity contribution in [3.8, 4) is 16.9 Å². The smallest absolute Gasteiger partial charge is 0.308 e. The second kappa shape index (κ2) is 13.0. The third kappa shape index (κ3) is 8.77. The molecule has 12 heteroatoms. The summed E-state index contributed by atoms with van der Waals surface area (Å²) in [6, 6.07) is 11.2. The number of benzene rings is 2. The van der Waals surface area contributed by atoms with Crippen LogP contribution in [0, 0.1) is 5.82 Å². The zero-order chi connectivity index (χ0) is 31.2. The fraction of sp³-hybridized carbons (Fsp3) is 0.300. The normalized spacial score (nSPS) is 11.9. The van der Waals surface area contributed by atoms with Crippen molar-refractivity contribution in [3.05, 3.63) is 81.5 Å². The van der Waals surface area contributed by atoms with Gasteiger partial charge in [-0.15, -0.1) is 0 Å². The Kier molecular flexibility index (Phi) is 9.95. The van der Waals surface area contributed by atoms with E-state index in [1.807, 2.05) is 20.8 Å². The average Bonchev–Trinajstić information content (AvgIpc) is 2.89. The second-order valence-corrected chi connectivity index (χ2v) is 12.4. The predicted octanol–water partition coefficient (Wildman–Crippen LogP) is 4.87. The van der Waals surface area contributed by atoms with Gasteiger partial charge in [-0.3, -0.25) is 23.7 Å². The van der Waals surface area contributed by atoms with Crippen LogP contribution in [0.1, 0.15) is 50.3 Å². The van der Waals surface area contributed by atoms with E-state index >= 15 is 0 Å². The summed E-state index contributed by atoms with van der Waals surface area (Å²) < 4.78 is 51.7. The van der Waals surface area contributed by atoms with Gasteiger partial charge in [0.25, 0.3) is 5.56 Å². The number of carboxylic acid groups (broad SMARTS) is 1. The molecular weight excluding hydrogens is 567 g/mol. The standard InChI is InChI=1S/C30H33FN2O8S/c1-30(2,3)25-15-21(24-16-22(31)17-33(29(24)37)18-41-27(36)13-12-26(34)35)14-20(28(25)40-4)9-6-19-7-10-23(11-8-19)32-42(5,38)39/h6-11,14-17,32H,12-13,18H2,1-5H3,(H,34,35)/b9-6+. The number of aromatic nitrogens is 1. The van der Waals surface area contributed by atoms with Gasteiger partial charge in [-0.05, 0) is 46.9 Å². The monoisotopic (exact) mass is 600 g/mol. The van der Waals surface area contributed by atoms with E-state index in [0.717, 1.165) is 34.2 Å². The summed E-state index contributed by atoms with van der Waals surface area (Å²) in [6.45, 7) is 5.32. The summed E-state index contributed by atoms with van der Waals surface area (Å²) >= 11 is 0. The molecule has 0 saturated heterocycles. The Hall–Kier alpha value is -4.45. The van der Waals surface area contributed by atoms with Crippen LogP contribution in [0.4, 0.5) is 10.1 Å². The minimum Gasteiger partial charge on any atom is -0.496 e. The number of carbonyl (C=O) groups is 2. The van der Waals surface area contributed by atoms with E-state index in [-0.39, 0.29) is 12.0 Å². The lowest BCUT2D eigenvalue weighted by atomic mass is 9.83. The van der Waals surface area contributed by atoms with Gasteiger partial charge in [0.1, 0.15) is 11.6 Å². The molecule has 0 amide bonds. The Labute approximate surface area is 243 Å². The molecule has 0 aliphatic heterocycles. The Balaban J connectivity index is 2.05. The summed E-state index contributed by atoms with van der Waals surface area (Å²) in [4.78, 5) is 35.9.